The molecule has 1 amide bonds. The summed E-state index contributed by atoms with van der Waals surface area (Å²) in [5.41, 5.74) is 3.10. The highest BCUT2D eigenvalue weighted by Gasteiger charge is 2.12. The van der Waals surface area contributed by atoms with Crippen LogP contribution in [0.2, 0.25) is 0 Å². The molecule has 0 bridgehead atoms. The van der Waals surface area contributed by atoms with Crippen LogP contribution in [-0.4, -0.2) is 16.1 Å². The number of rotatable bonds is 4. The van der Waals surface area contributed by atoms with Crippen molar-refractivity contribution in [3.8, 4) is 23.1 Å². The lowest BCUT2D eigenvalue weighted by atomic mass is 10.1. The molecule has 6 nitrogen and oxygen atoms in total. The molecule has 6 heteroatoms. The van der Waals surface area contributed by atoms with E-state index in [-0.39, 0.29) is 5.91 Å². The van der Waals surface area contributed by atoms with E-state index in [0.717, 1.165) is 11.1 Å². The van der Waals surface area contributed by atoms with Crippen molar-refractivity contribution in [3.05, 3.63) is 78.1 Å². The molecule has 2 aromatic heterocycles. The van der Waals surface area contributed by atoms with Crippen molar-refractivity contribution in [1.29, 1.82) is 0 Å². The lowest BCUT2D eigenvalue weighted by Crippen LogP contribution is -2.11. The van der Waals surface area contributed by atoms with Gasteiger partial charge >= 0.3 is 0 Å². The highest BCUT2D eigenvalue weighted by Crippen LogP contribution is 2.25. The summed E-state index contributed by atoms with van der Waals surface area (Å²) in [6.07, 6.45) is 1.55. The quantitative estimate of drug-likeness (QED) is 0.586. The lowest BCUT2D eigenvalue weighted by molar-refractivity contribution is 0.102. The molecule has 2 heterocycles. The van der Waals surface area contributed by atoms with Crippen LogP contribution in [0.4, 0.5) is 5.69 Å². The fraction of sp³-hybridized carbons (Fsp3) is 0.0500. The number of amides is 1. The Bertz CT molecular complexity index is 1030. The van der Waals surface area contributed by atoms with Gasteiger partial charge in [-0.15, -0.1) is 10.2 Å². The zero-order chi connectivity index (χ0) is 17.9. The number of nitrogens with zero attached hydrogens (tertiary/aromatic N) is 2. The molecule has 0 saturated heterocycles. The number of carbonyl (C=O) groups is 1. The van der Waals surface area contributed by atoms with Crippen molar-refractivity contribution in [2.45, 2.75) is 6.92 Å². The minimum absolute atomic E-state index is 0.153. The molecule has 4 aromatic rings. The minimum Gasteiger partial charge on any atom is -0.459 e. The highest BCUT2D eigenvalue weighted by molar-refractivity contribution is 6.04. The number of benzene rings is 2. The number of aryl methyl sites for hydroxylation is 1. The predicted molar refractivity (Wildman–Crippen MR) is 96.6 cm³/mol. The normalized spacial score (nSPS) is 10.7. The van der Waals surface area contributed by atoms with Crippen molar-refractivity contribution in [3.63, 3.8) is 0 Å². The Morgan fingerprint density at radius 3 is 2.50 bits per heavy atom. The summed E-state index contributed by atoms with van der Waals surface area (Å²) in [6.45, 7) is 1.95. The van der Waals surface area contributed by atoms with Gasteiger partial charge in [0.05, 0.1) is 6.26 Å². The van der Waals surface area contributed by atoms with Crippen molar-refractivity contribution in [1.82, 2.24) is 10.2 Å². The van der Waals surface area contributed by atoms with Gasteiger partial charge in [0.25, 0.3) is 11.8 Å². The van der Waals surface area contributed by atoms with E-state index < -0.39 is 0 Å². The van der Waals surface area contributed by atoms with Crippen LogP contribution in [0.5, 0.6) is 0 Å². The fourth-order valence-corrected chi connectivity index (χ4v) is 2.53. The average molecular weight is 345 g/mol. The summed E-state index contributed by atoms with van der Waals surface area (Å²) in [5.74, 6) is 1.07. The predicted octanol–water partition coefficient (Wildman–Crippen LogP) is 4.56. The van der Waals surface area contributed by atoms with Crippen LogP contribution in [-0.2, 0) is 0 Å². The maximum atomic E-state index is 12.3. The first-order chi connectivity index (χ1) is 12.7. The molecular weight excluding hydrogens is 330 g/mol. The molecule has 0 aliphatic heterocycles. The molecular formula is C20H15N3O3. The standard InChI is InChI=1S/C20H15N3O3/c1-13-4-2-5-15(12-13)18(24)21-16-9-7-14(8-10-16)19-22-23-20(26-19)17-6-3-11-25-17/h2-12H,1H3,(H,21,24). The molecule has 0 fully saturated rings. The third kappa shape index (κ3) is 3.25. The summed E-state index contributed by atoms with van der Waals surface area (Å²) in [4.78, 5) is 12.3. The number of anilines is 1. The van der Waals surface area contributed by atoms with E-state index in [1.54, 1.807) is 36.6 Å². The van der Waals surface area contributed by atoms with E-state index in [1.165, 1.54) is 0 Å². The molecule has 26 heavy (non-hydrogen) atoms. The average Bonchev–Trinajstić information content (AvgIpc) is 3.34. The third-order valence-electron chi connectivity index (χ3n) is 3.83. The largest absolute Gasteiger partial charge is 0.459 e. The maximum Gasteiger partial charge on any atom is 0.283 e. The third-order valence-corrected chi connectivity index (χ3v) is 3.83. The number of carbonyl (C=O) groups excluding carboxylic acids is 1. The molecule has 0 atom stereocenters. The first-order valence-electron chi connectivity index (χ1n) is 8.05. The smallest absolute Gasteiger partial charge is 0.283 e. The first kappa shape index (κ1) is 15.8. The SMILES string of the molecule is Cc1cccc(C(=O)Nc2ccc(-c3nnc(-c4ccco4)o3)cc2)c1. The van der Waals surface area contributed by atoms with Crippen LogP contribution in [0.15, 0.2) is 75.8 Å². The molecule has 0 aliphatic carbocycles. The zero-order valence-electron chi connectivity index (χ0n) is 14.0. The van der Waals surface area contributed by atoms with E-state index in [0.29, 0.717) is 28.8 Å². The van der Waals surface area contributed by atoms with Crippen LogP contribution in [0.25, 0.3) is 23.1 Å². The summed E-state index contributed by atoms with van der Waals surface area (Å²) in [7, 11) is 0. The number of furan rings is 1. The van der Waals surface area contributed by atoms with E-state index in [9.17, 15) is 4.79 Å². The van der Waals surface area contributed by atoms with Crippen LogP contribution >= 0.6 is 0 Å². The van der Waals surface area contributed by atoms with E-state index >= 15 is 0 Å². The van der Waals surface area contributed by atoms with Gasteiger partial charge < -0.3 is 14.2 Å². The van der Waals surface area contributed by atoms with Crippen molar-refractivity contribution < 1.29 is 13.6 Å². The highest BCUT2D eigenvalue weighted by atomic mass is 16.4. The minimum atomic E-state index is -0.153. The zero-order valence-corrected chi connectivity index (χ0v) is 14.0. The molecule has 2 aromatic carbocycles. The Hall–Kier alpha value is -3.67. The van der Waals surface area contributed by atoms with Crippen LogP contribution in [0, 0.1) is 6.92 Å². The molecule has 4 rings (SSSR count). The van der Waals surface area contributed by atoms with Crippen molar-refractivity contribution in [2.24, 2.45) is 0 Å². The topological polar surface area (TPSA) is 81.2 Å². The Morgan fingerprint density at radius 2 is 1.77 bits per heavy atom. The second kappa shape index (κ2) is 6.68. The van der Waals surface area contributed by atoms with Gasteiger partial charge in [0.1, 0.15) is 0 Å². The second-order valence-corrected chi connectivity index (χ2v) is 5.79. The van der Waals surface area contributed by atoms with Gasteiger partial charge in [-0.05, 0) is 55.5 Å². The van der Waals surface area contributed by atoms with E-state index in [2.05, 4.69) is 15.5 Å². The number of aromatic nitrogens is 2. The van der Waals surface area contributed by atoms with Gasteiger partial charge in [0.15, 0.2) is 5.76 Å². The Morgan fingerprint density at radius 1 is 0.962 bits per heavy atom. The Labute approximate surface area is 149 Å². The lowest BCUT2D eigenvalue weighted by Gasteiger charge is -2.06. The molecule has 0 aliphatic rings. The van der Waals surface area contributed by atoms with Gasteiger partial charge in [-0.2, -0.15) is 0 Å². The number of nitrogens with one attached hydrogen (secondary N) is 1. The fourth-order valence-electron chi connectivity index (χ4n) is 2.53. The number of hydrogen-bond donors (Lipinski definition) is 1. The van der Waals surface area contributed by atoms with Gasteiger partial charge in [-0.25, -0.2) is 0 Å². The summed E-state index contributed by atoms with van der Waals surface area (Å²) in [5, 5.41) is 10.9. The van der Waals surface area contributed by atoms with E-state index in [1.807, 2.05) is 37.3 Å². The maximum absolute atomic E-state index is 12.3. The molecule has 0 unspecified atom stereocenters. The molecule has 128 valence electrons. The van der Waals surface area contributed by atoms with Gasteiger partial charge in [-0.3, -0.25) is 4.79 Å². The summed E-state index contributed by atoms with van der Waals surface area (Å²) in [6, 6.07) is 18.2. The Balaban J connectivity index is 1.49. The van der Waals surface area contributed by atoms with Gasteiger partial charge in [0.2, 0.25) is 5.89 Å². The molecule has 1 N–H and O–H groups in total. The van der Waals surface area contributed by atoms with Gasteiger partial charge in [0, 0.05) is 16.8 Å². The second-order valence-electron chi connectivity index (χ2n) is 5.79. The molecule has 0 spiro atoms. The monoisotopic (exact) mass is 345 g/mol. The number of hydrogen-bond acceptors (Lipinski definition) is 5. The molecule has 0 radical (unpaired) electrons. The summed E-state index contributed by atoms with van der Waals surface area (Å²) < 4.78 is 10.9. The first-order valence-corrected chi connectivity index (χ1v) is 8.05. The van der Waals surface area contributed by atoms with Gasteiger partial charge in [-0.1, -0.05) is 17.7 Å². The molecule has 0 saturated carbocycles. The van der Waals surface area contributed by atoms with Crippen molar-refractivity contribution in [2.75, 3.05) is 5.32 Å². The van der Waals surface area contributed by atoms with Crippen LogP contribution in [0.3, 0.4) is 0 Å². The van der Waals surface area contributed by atoms with Crippen LogP contribution < -0.4 is 5.32 Å². The van der Waals surface area contributed by atoms with Crippen LogP contribution in [0.1, 0.15) is 15.9 Å². The Kier molecular flexibility index (Phi) is 4.07. The van der Waals surface area contributed by atoms with E-state index in [4.69, 9.17) is 8.83 Å². The summed E-state index contributed by atoms with van der Waals surface area (Å²) >= 11 is 0. The van der Waals surface area contributed by atoms with Crippen molar-refractivity contribution >= 4 is 11.6 Å².